The molecule has 13 nitrogen and oxygen atoms in total. The lowest BCUT2D eigenvalue weighted by Gasteiger charge is -2.29. The number of ketones is 1. The highest BCUT2D eigenvalue weighted by molar-refractivity contribution is 6.26. The second-order valence-corrected chi connectivity index (χ2v) is 11.6. The molecule has 1 aliphatic heterocycles. The fourth-order valence-electron chi connectivity index (χ4n) is 4.42. The summed E-state index contributed by atoms with van der Waals surface area (Å²) in [4.78, 5) is 78.2. The van der Waals surface area contributed by atoms with Gasteiger partial charge in [-0.05, 0) is 25.7 Å². The topological polar surface area (TPSA) is 198 Å². The van der Waals surface area contributed by atoms with Crippen molar-refractivity contribution in [1.29, 1.82) is 0 Å². The predicted molar refractivity (Wildman–Crippen MR) is 142 cm³/mol. The minimum Gasteiger partial charge on any atom is -0.481 e. The number of amides is 2. The van der Waals surface area contributed by atoms with Crippen molar-refractivity contribution in [3.63, 3.8) is 0 Å². The molecule has 3 unspecified atom stereocenters. The van der Waals surface area contributed by atoms with Gasteiger partial charge in [-0.3, -0.25) is 28.8 Å². The first kappa shape index (κ1) is 33.3. The molecule has 0 spiro atoms. The quantitative estimate of drug-likeness (QED) is 0.166. The molecule has 1 aliphatic carbocycles. The van der Waals surface area contributed by atoms with Gasteiger partial charge in [-0.15, -0.1) is 23.2 Å². The number of carboxylic acids is 2. The van der Waals surface area contributed by atoms with Gasteiger partial charge in [-0.2, -0.15) is 0 Å². The van der Waals surface area contributed by atoms with Crippen LogP contribution in [0.2, 0.25) is 0 Å². The van der Waals surface area contributed by atoms with Crippen molar-refractivity contribution in [2.75, 3.05) is 6.61 Å². The third kappa shape index (κ3) is 9.33. The van der Waals surface area contributed by atoms with Gasteiger partial charge in [0, 0.05) is 23.6 Å². The van der Waals surface area contributed by atoms with Crippen LogP contribution in [0.1, 0.15) is 65.7 Å². The zero-order chi connectivity index (χ0) is 30.2. The molecule has 2 amide bonds. The molecule has 2 rings (SSSR count). The van der Waals surface area contributed by atoms with E-state index >= 15 is 0 Å². The molecule has 4 N–H and O–H groups in total. The molecule has 1 saturated carbocycles. The lowest BCUT2D eigenvalue weighted by atomic mass is 9.88. The number of esters is 1. The molecule has 0 radical (unpaired) electrons. The van der Waals surface area contributed by atoms with Gasteiger partial charge >= 0.3 is 17.9 Å². The van der Waals surface area contributed by atoms with Crippen LogP contribution in [0.15, 0.2) is 5.16 Å². The molecule has 40 heavy (non-hydrogen) atoms. The summed E-state index contributed by atoms with van der Waals surface area (Å²) in [5.74, 6) is -6.50. The van der Waals surface area contributed by atoms with E-state index in [0.717, 1.165) is 6.42 Å². The molecule has 1 fully saturated rings. The highest BCUT2D eigenvalue weighted by Crippen LogP contribution is 2.33. The maximum absolute atomic E-state index is 13.1. The molecule has 1 heterocycles. The first-order valence-electron chi connectivity index (χ1n) is 12.9. The van der Waals surface area contributed by atoms with Crippen LogP contribution in [0.5, 0.6) is 0 Å². The standard InChI is InChI=1S/C25H35Cl2N3O10/c1-12(2)22(29-18(32)7-8-19(33)34)16-10-25(3,40-30-16)24(38)28-15(9-20(35)36)17(31)11-39-23(37)21-13(26)5-4-6-14(21)27/h12-15,21-22H,4-11H2,1-3H3,(H,28,38)(H,29,32)(H,33,34)(H,35,36)/t13?,14?,15-,21?,22-,25?/m0/s1. The zero-order valence-corrected chi connectivity index (χ0v) is 24.0. The number of halogens is 2. The number of hydrogen-bond donors (Lipinski definition) is 4. The first-order valence-corrected chi connectivity index (χ1v) is 13.8. The Bertz CT molecular complexity index is 1030. The summed E-state index contributed by atoms with van der Waals surface area (Å²) in [7, 11) is 0. The minimum atomic E-state index is -1.64. The van der Waals surface area contributed by atoms with E-state index < -0.39 is 82.9 Å². The Kier molecular flexibility index (Phi) is 12.2. The van der Waals surface area contributed by atoms with Crippen LogP contribution in [0.25, 0.3) is 0 Å². The highest BCUT2D eigenvalue weighted by atomic mass is 35.5. The second kappa shape index (κ2) is 14.6. The summed E-state index contributed by atoms with van der Waals surface area (Å²) in [6.07, 6.45) is 0.392. The summed E-state index contributed by atoms with van der Waals surface area (Å²) in [6, 6.07) is -2.20. The summed E-state index contributed by atoms with van der Waals surface area (Å²) in [5.41, 5.74) is -1.33. The van der Waals surface area contributed by atoms with Crippen LogP contribution in [-0.4, -0.2) is 86.5 Å². The maximum Gasteiger partial charge on any atom is 0.312 e. The molecular formula is C25H35Cl2N3O10. The maximum atomic E-state index is 13.1. The van der Waals surface area contributed by atoms with Crippen molar-refractivity contribution in [2.24, 2.45) is 17.0 Å². The fourth-order valence-corrected chi connectivity index (χ4v) is 5.36. The molecule has 0 aromatic rings. The number of hydrogen-bond acceptors (Lipinski definition) is 9. The van der Waals surface area contributed by atoms with Gasteiger partial charge in [0.15, 0.2) is 12.4 Å². The number of oxime groups is 1. The van der Waals surface area contributed by atoms with E-state index in [1.165, 1.54) is 6.92 Å². The van der Waals surface area contributed by atoms with E-state index in [1.54, 1.807) is 13.8 Å². The van der Waals surface area contributed by atoms with Crippen molar-refractivity contribution in [3.05, 3.63) is 0 Å². The van der Waals surface area contributed by atoms with Crippen LogP contribution in [-0.2, 0) is 38.3 Å². The highest BCUT2D eigenvalue weighted by Gasteiger charge is 2.46. The number of nitrogens with zero attached hydrogens (tertiary/aromatic N) is 1. The van der Waals surface area contributed by atoms with Crippen LogP contribution in [0.4, 0.5) is 0 Å². The zero-order valence-electron chi connectivity index (χ0n) is 22.5. The Hall–Kier alpha value is -2.93. The van der Waals surface area contributed by atoms with E-state index in [2.05, 4.69) is 15.8 Å². The van der Waals surface area contributed by atoms with E-state index in [9.17, 15) is 33.9 Å². The van der Waals surface area contributed by atoms with E-state index in [-0.39, 0.29) is 25.2 Å². The van der Waals surface area contributed by atoms with Crippen LogP contribution in [0.3, 0.4) is 0 Å². The molecule has 15 heteroatoms. The van der Waals surface area contributed by atoms with Gasteiger partial charge < -0.3 is 30.4 Å². The van der Waals surface area contributed by atoms with Crippen LogP contribution < -0.4 is 10.6 Å². The monoisotopic (exact) mass is 607 g/mol. The Morgan fingerprint density at radius 2 is 1.68 bits per heavy atom. The Morgan fingerprint density at radius 1 is 1.05 bits per heavy atom. The predicted octanol–water partition coefficient (Wildman–Crippen LogP) is 1.61. The van der Waals surface area contributed by atoms with Gasteiger partial charge in [-0.1, -0.05) is 25.4 Å². The molecule has 0 saturated heterocycles. The Balaban J connectivity index is 2.03. The second-order valence-electron chi connectivity index (χ2n) is 10.5. The fraction of sp³-hybridized carbons (Fsp3) is 0.720. The largest absolute Gasteiger partial charge is 0.481 e. The molecule has 5 atom stereocenters. The number of aliphatic carboxylic acids is 2. The van der Waals surface area contributed by atoms with Crippen molar-refractivity contribution >= 4 is 64.4 Å². The lowest BCUT2D eigenvalue weighted by Crippen LogP contribution is -2.53. The molecule has 0 bridgehead atoms. The van der Waals surface area contributed by atoms with Gasteiger partial charge in [0.2, 0.25) is 11.5 Å². The molecule has 2 aliphatic rings. The van der Waals surface area contributed by atoms with Gasteiger partial charge in [0.05, 0.1) is 30.5 Å². The number of carboxylic acid groups (broad SMARTS) is 2. The minimum absolute atomic E-state index is 0.0975. The van der Waals surface area contributed by atoms with Crippen molar-refractivity contribution < 1.29 is 48.6 Å². The third-order valence-electron chi connectivity index (χ3n) is 6.71. The van der Waals surface area contributed by atoms with E-state index in [4.69, 9.17) is 37.9 Å². The third-order valence-corrected chi connectivity index (χ3v) is 7.69. The SMILES string of the molecule is CC(C)[C@H](NC(=O)CCC(=O)O)C1=NOC(C)(C(=O)N[C@@H](CC(=O)O)C(=O)COC(=O)C2C(Cl)CCCC2Cl)C1. The normalized spacial score (nSPS) is 25.6. The number of ether oxygens (including phenoxy) is 1. The average Bonchev–Trinajstić information content (AvgIpc) is 3.26. The van der Waals surface area contributed by atoms with Crippen molar-refractivity contribution in [3.8, 4) is 0 Å². The number of Topliss-reactive ketones (excluding diaryl/α,β-unsaturated/α-hetero) is 1. The molecule has 0 aromatic heterocycles. The van der Waals surface area contributed by atoms with Crippen LogP contribution >= 0.6 is 23.2 Å². The van der Waals surface area contributed by atoms with Gasteiger partial charge in [0.1, 0.15) is 6.04 Å². The average molecular weight is 608 g/mol. The molecule has 224 valence electrons. The van der Waals surface area contributed by atoms with Crippen LogP contribution in [0, 0.1) is 11.8 Å². The summed E-state index contributed by atoms with van der Waals surface area (Å²) < 4.78 is 5.09. The van der Waals surface area contributed by atoms with Crippen molar-refractivity contribution in [1.82, 2.24) is 10.6 Å². The van der Waals surface area contributed by atoms with Gasteiger partial charge in [0.25, 0.3) is 5.91 Å². The number of carbonyl (C=O) groups is 6. The number of alkyl halides is 2. The first-order chi connectivity index (χ1) is 18.6. The van der Waals surface area contributed by atoms with E-state index in [1.807, 2.05) is 0 Å². The van der Waals surface area contributed by atoms with E-state index in [0.29, 0.717) is 18.6 Å². The molecular weight excluding hydrogens is 573 g/mol. The molecule has 0 aromatic carbocycles. The van der Waals surface area contributed by atoms with Gasteiger partial charge in [-0.25, -0.2) is 0 Å². The number of nitrogens with one attached hydrogen (secondary N) is 2. The smallest absolute Gasteiger partial charge is 0.312 e. The number of rotatable bonds is 14. The Labute approximate surface area is 241 Å². The summed E-state index contributed by atoms with van der Waals surface area (Å²) >= 11 is 12.4. The number of carbonyl (C=O) groups excluding carboxylic acids is 4. The lowest BCUT2D eigenvalue weighted by molar-refractivity contribution is -0.154. The summed E-state index contributed by atoms with van der Waals surface area (Å²) in [5, 5.41) is 26.0. The van der Waals surface area contributed by atoms with Crippen molar-refractivity contribution in [2.45, 2.75) is 94.2 Å². The summed E-state index contributed by atoms with van der Waals surface area (Å²) in [6.45, 7) is 4.16. The Morgan fingerprint density at radius 3 is 2.23 bits per heavy atom.